The molecule has 0 atom stereocenters. The summed E-state index contributed by atoms with van der Waals surface area (Å²) in [4.78, 5) is 4.64. The lowest BCUT2D eigenvalue weighted by molar-refractivity contribution is 0.171. The predicted octanol–water partition coefficient (Wildman–Crippen LogP) is 2.62. The molecule has 0 aromatic heterocycles. The Morgan fingerprint density at radius 3 is 2.44 bits per heavy atom. The van der Waals surface area contributed by atoms with E-state index in [0.717, 1.165) is 48.9 Å². The van der Waals surface area contributed by atoms with Crippen molar-refractivity contribution in [3.8, 4) is 17.2 Å². The molecule has 132 valence electrons. The van der Waals surface area contributed by atoms with Crippen LogP contribution in [0, 0.1) is 5.82 Å². The van der Waals surface area contributed by atoms with E-state index >= 15 is 0 Å². The second-order valence-electron chi connectivity index (χ2n) is 6.38. The molecule has 2 heterocycles. The summed E-state index contributed by atoms with van der Waals surface area (Å²) < 4.78 is 24.4. The summed E-state index contributed by atoms with van der Waals surface area (Å²) in [6.07, 6.45) is 0. The Morgan fingerprint density at radius 2 is 1.68 bits per heavy atom. The average molecular weight is 343 g/mol. The van der Waals surface area contributed by atoms with Crippen LogP contribution in [0.1, 0.15) is 5.56 Å². The summed E-state index contributed by atoms with van der Waals surface area (Å²) in [5, 5.41) is 9.49. The number of phenolic OH excluding ortho intramolecular Hbond substituents is 1. The third kappa shape index (κ3) is 3.49. The molecule has 0 amide bonds. The van der Waals surface area contributed by atoms with Gasteiger partial charge in [-0.15, -0.1) is 0 Å². The molecule has 0 unspecified atom stereocenters. The highest BCUT2D eigenvalue weighted by molar-refractivity contribution is 5.57. The largest absolute Gasteiger partial charge is 0.505 e. The highest BCUT2D eigenvalue weighted by Crippen LogP contribution is 2.34. The maximum absolute atomic E-state index is 13.1. The number of anilines is 1. The summed E-state index contributed by atoms with van der Waals surface area (Å²) in [7, 11) is 0. The summed E-state index contributed by atoms with van der Waals surface area (Å²) in [6.45, 7) is 5.54. The van der Waals surface area contributed by atoms with Crippen molar-refractivity contribution in [1.82, 2.24) is 4.90 Å². The van der Waals surface area contributed by atoms with Crippen LogP contribution in [0.3, 0.4) is 0 Å². The number of hydrogen-bond donors (Lipinski definition) is 1. The molecule has 2 aliphatic rings. The second-order valence-corrected chi connectivity index (χ2v) is 6.38. The van der Waals surface area contributed by atoms with E-state index in [1.165, 1.54) is 12.1 Å². The van der Waals surface area contributed by atoms with Gasteiger partial charge in [-0.3, -0.25) is 4.90 Å². The van der Waals surface area contributed by atoms with Crippen molar-refractivity contribution in [2.75, 3.05) is 44.3 Å². The third-order valence-corrected chi connectivity index (χ3v) is 4.68. The molecule has 0 saturated carbocycles. The van der Waals surface area contributed by atoms with Gasteiger partial charge in [0.05, 0.1) is 0 Å². The molecule has 0 bridgehead atoms. The number of rotatable bonds is 3. The summed E-state index contributed by atoms with van der Waals surface area (Å²) >= 11 is 0. The highest BCUT2D eigenvalue weighted by atomic mass is 18.2. The Balaban J connectivity index is 1.37. The van der Waals surface area contributed by atoms with Crippen molar-refractivity contribution in [1.29, 1.82) is 0 Å². The van der Waals surface area contributed by atoms with E-state index < -0.39 is 5.82 Å². The first-order chi connectivity index (χ1) is 12.2. The molecule has 0 radical (unpaired) electrons. The lowest BCUT2D eigenvalue weighted by Gasteiger charge is -2.36. The van der Waals surface area contributed by atoms with Gasteiger partial charge in [0, 0.05) is 44.5 Å². The minimum atomic E-state index is -0.577. The van der Waals surface area contributed by atoms with Gasteiger partial charge in [-0.1, -0.05) is 6.07 Å². The van der Waals surface area contributed by atoms with Crippen LogP contribution in [0.25, 0.3) is 0 Å². The zero-order valence-corrected chi connectivity index (χ0v) is 13.9. The molecule has 2 aromatic carbocycles. The van der Waals surface area contributed by atoms with E-state index in [0.29, 0.717) is 19.8 Å². The van der Waals surface area contributed by atoms with Crippen LogP contribution in [0.5, 0.6) is 17.2 Å². The second kappa shape index (κ2) is 6.80. The minimum Gasteiger partial charge on any atom is -0.505 e. The number of ether oxygens (including phenoxy) is 2. The fraction of sp³-hybridized carbons (Fsp3) is 0.368. The third-order valence-electron chi connectivity index (χ3n) is 4.68. The van der Waals surface area contributed by atoms with Gasteiger partial charge in [-0.25, -0.2) is 4.39 Å². The quantitative estimate of drug-likeness (QED) is 0.928. The Morgan fingerprint density at radius 1 is 0.920 bits per heavy atom. The van der Waals surface area contributed by atoms with E-state index in [-0.39, 0.29) is 5.75 Å². The zero-order chi connectivity index (χ0) is 17.2. The van der Waals surface area contributed by atoms with E-state index in [9.17, 15) is 9.50 Å². The number of benzene rings is 2. The van der Waals surface area contributed by atoms with Crippen LogP contribution >= 0.6 is 0 Å². The molecule has 2 aliphatic heterocycles. The number of nitrogens with zero attached hydrogens (tertiary/aromatic N) is 2. The molecule has 1 saturated heterocycles. The van der Waals surface area contributed by atoms with Crippen LogP contribution in [0.2, 0.25) is 0 Å². The van der Waals surface area contributed by atoms with Gasteiger partial charge < -0.3 is 19.5 Å². The van der Waals surface area contributed by atoms with Gasteiger partial charge in [0.25, 0.3) is 0 Å². The van der Waals surface area contributed by atoms with Crippen molar-refractivity contribution in [2.45, 2.75) is 6.54 Å². The van der Waals surface area contributed by atoms with Crippen LogP contribution in [0.4, 0.5) is 10.1 Å². The molecule has 0 spiro atoms. The van der Waals surface area contributed by atoms with Gasteiger partial charge in [0.1, 0.15) is 13.2 Å². The molecule has 5 nitrogen and oxygen atoms in total. The van der Waals surface area contributed by atoms with Gasteiger partial charge in [-0.05, 0) is 29.8 Å². The van der Waals surface area contributed by atoms with E-state index in [4.69, 9.17) is 9.47 Å². The summed E-state index contributed by atoms with van der Waals surface area (Å²) in [5.41, 5.74) is 2.06. The first-order valence-corrected chi connectivity index (χ1v) is 8.53. The maximum Gasteiger partial charge on any atom is 0.164 e. The molecule has 2 aromatic rings. The molecular weight excluding hydrogens is 322 g/mol. The Labute approximate surface area is 146 Å². The average Bonchev–Trinajstić information content (AvgIpc) is 2.65. The first-order valence-electron chi connectivity index (χ1n) is 8.53. The smallest absolute Gasteiger partial charge is 0.164 e. The van der Waals surface area contributed by atoms with Gasteiger partial charge in [0.2, 0.25) is 0 Å². The van der Waals surface area contributed by atoms with Gasteiger partial charge in [-0.2, -0.15) is 0 Å². The van der Waals surface area contributed by atoms with E-state index in [1.807, 2.05) is 12.1 Å². The molecule has 1 fully saturated rings. The Bertz CT molecular complexity index is 760. The number of hydrogen-bond acceptors (Lipinski definition) is 5. The first kappa shape index (κ1) is 16.0. The van der Waals surface area contributed by atoms with Crippen molar-refractivity contribution in [3.05, 3.63) is 47.8 Å². The molecule has 25 heavy (non-hydrogen) atoms. The van der Waals surface area contributed by atoms with Gasteiger partial charge in [0.15, 0.2) is 23.1 Å². The molecule has 6 heteroatoms. The van der Waals surface area contributed by atoms with E-state index in [1.54, 1.807) is 6.07 Å². The normalized spacial score (nSPS) is 17.6. The number of halogens is 1. The minimum absolute atomic E-state index is 0.285. The lowest BCUT2D eigenvalue weighted by Crippen LogP contribution is -2.46. The Hall–Kier alpha value is -2.47. The van der Waals surface area contributed by atoms with Crippen LogP contribution in [-0.2, 0) is 6.54 Å². The van der Waals surface area contributed by atoms with Crippen molar-refractivity contribution in [3.63, 3.8) is 0 Å². The van der Waals surface area contributed by atoms with E-state index in [2.05, 4.69) is 15.9 Å². The fourth-order valence-corrected chi connectivity index (χ4v) is 3.31. The number of aromatic hydroxyl groups is 1. The highest BCUT2D eigenvalue weighted by Gasteiger charge is 2.20. The Kier molecular flexibility index (Phi) is 4.36. The van der Waals surface area contributed by atoms with Crippen LogP contribution < -0.4 is 14.4 Å². The van der Waals surface area contributed by atoms with Gasteiger partial charge >= 0.3 is 0 Å². The number of piperazine rings is 1. The van der Waals surface area contributed by atoms with Crippen molar-refractivity contribution < 1.29 is 19.0 Å². The predicted molar refractivity (Wildman–Crippen MR) is 93.0 cm³/mol. The number of fused-ring (bicyclic) bond motifs is 1. The monoisotopic (exact) mass is 343 g/mol. The number of phenols is 1. The molecule has 4 rings (SSSR count). The van der Waals surface area contributed by atoms with Crippen molar-refractivity contribution >= 4 is 5.69 Å². The molecule has 0 aliphatic carbocycles. The van der Waals surface area contributed by atoms with Crippen LogP contribution in [-0.4, -0.2) is 49.4 Å². The molecular formula is C19H21FN2O3. The maximum atomic E-state index is 13.1. The SMILES string of the molecule is Oc1cc(CN2CCN(c3ccc4c(c3)OCCO4)CC2)ccc1[18F]. The fourth-order valence-electron chi connectivity index (χ4n) is 3.31. The topological polar surface area (TPSA) is 45.2 Å². The summed E-state index contributed by atoms with van der Waals surface area (Å²) in [6, 6.07) is 10.6. The molecule has 1 N–H and O–H groups in total. The lowest BCUT2D eigenvalue weighted by atomic mass is 10.1. The van der Waals surface area contributed by atoms with Crippen LogP contribution in [0.15, 0.2) is 36.4 Å². The standard InChI is InChI=1S/C19H21FN2O3/c20-16-3-1-14(11-17(16)23)13-21-5-7-22(8-6-21)15-2-4-18-19(12-15)25-10-9-24-18/h1-4,11-12,23H,5-10,13H2/i20-1. The zero-order valence-electron chi connectivity index (χ0n) is 13.9. The van der Waals surface area contributed by atoms with Crippen molar-refractivity contribution in [2.24, 2.45) is 0 Å². The summed E-state index contributed by atoms with van der Waals surface area (Å²) in [5.74, 6) is 0.761.